The van der Waals surface area contributed by atoms with Gasteiger partial charge in [-0.2, -0.15) is 0 Å². The Kier molecular flexibility index (Phi) is 6.31. The predicted molar refractivity (Wildman–Crippen MR) is 119 cm³/mol. The van der Waals surface area contributed by atoms with E-state index in [-0.39, 0.29) is 24.5 Å². The molecule has 1 amide bonds. The molecule has 31 heavy (non-hydrogen) atoms. The van der Waals surface area contributed by atoms with Gasteiger partial charge >= 0.3 is 0 Å². The van der Waals surface area contributed by atoms with Gasteiger partial charge in [-0.3, -0.25) is 4.79 Å². The van der Waals surface area contributed by atoms with Gasteiger partial charge in [0.1, 0.15) is 11.5 Å². The van der Waals surface area contributed by atoms with E-state index in [1.54, 1.807) is 13.3 Å². The van der Waals surface area contributed by atoms with Crippen LogP contribution in [0.25, 0.3) is 11.1 Å². The monoisotopic (exact) mass is 418 g/mol. The molecule has 0 unspecified atom stereocenters. The average Bonchev–Trinajstić information content (AvgIpc) is 2.83. The quantitative estimate of drug-likeness (QED) is 0.654. The maximum Gasteiger partial charge on any atom is 0.261 e. The number of methoxy groups -OCH3 is 1. The molecule has 1 saturated heterocycles. The lowest BCUT2D eigenvalue weighted by atomic mass is 9.93. The van der Waals surface area contributed by atoms with E-state index in [2.05, 4.69) is 9.97 Å². The molecule has 3 aromatic rings. The van der Waals surface area contributed by atoms with Gasteiger partial charge in [0, 0.05) is 18.3 Å². The number of anilines is 1. The fourth-order valence-corrected chi connectivity index (χ4v) is 3.94. The molecule has 1 atom stereocenters. The summed E-state index contributed by atoms with van der Waals surface area (Å²) in [6.45, 7) is 0.638. The number of hydrogen-bond donors (Lipinski definition) is 1. The van der Waals surface area contributed by atoms with Gasteiger partial charge in [-0.25, -0.2) is 9.97 Å². The molecule has 2 heterocycles. The van der Waals surface area contributed by atoms with Crippen LogP contribution < -0.4 is 15.2 Å². The first kappa shape index (κ1) is 20.7. The van der Waals surface area contributed by atoms with Crippen molar-refractivity contribution in [2.75, 3.05) is 26.0 Å². The minimum absolute atomic E-state index is 0.0183. The van der Waals surface area contributed by atoms with E-state index in [1.165, 1.54) is 0 Å². The fraction of sp³-hybridized carbons (Fsp3) is 0.292. The molecule has 1 aliphatic heterocycles. The van der Waals surface area contributed by atoms with Crippen LogP contribution in [0.3, 0.4) is 0 Å². The van der Waals surface area contributed by atoms with E-state index in [9.17, 15) is 4.79 Å². The third-order valence-electron chi connectivity index (χ3n) is 5.46. The first-order valence-electron chi connectivity index (χ1n) is 10.4. The molecule has 7 heteroatoms. The summed E-state index contributed by atoms with van der Waals surface area (Å²) in [7, 11) is 1.63. The van der Waals surface area contributed by atoms with Crippen molar-refractivity contribution in [1.29, 1.82) is 0 Å². The van der Waals surface area contributed by atoms with Gasteiger partial charge in [-0.05, 0) is 49.1 Å². The third-order valence-corrected chi connectivity index (χ3v) is 5.46. The Morgan fingerprint density at radius 2 is 1.94 bits per heavy atom. The van der Waals surface area contributed by atoms with Crippen LogP contribution in [0.15, 0.2) is 60.8 Å². The van der Waals surface area contributed by atoms with E-state index in [1.807, 2.05) is 59.5 Å². The van der Waals surface area contributed by atoms with Crippen molar-refractivity contribution in [3.05, 3.63) is 66.5 Å². The van der Waals surface area contributed by atoms with E-state index in [0.29, 0.717) is 12.3 Å². The van der Waals surface area contributed by atoms with Gasteiger partial charge in [-0.15, -0.1) is 0 Å². The molecule has 1 aromatic heterocycles. The molecule has 1 aliphatic rings. The van der Waals surface area contributed by atoms with Crippen LogP contribution in [0.1, 0.15) is 31.0 Å². The molecule has 0 saturated carbocycles. The summed E-state index contributed by atoms with van der Waals surface area (Å²) in [6, 6.07) is 16.9. The first-order valence-corrected chi connectivity index (χ1v) is 10.4. The number of nitrogens with zero attached hydrogens (tertiary/aromatic N) is 3. The highest BCUT2D eigenvalue weighted by molar-refractivity contribution is 5.79. The Bertz CT molecular complexity index is 1040. The van der Waals surface area contributed by atoms with Crippen molar-refractivity contribution in [3.8, 4) is 22.6 Å². The van der Waals surface area contributed by atoms with Gasteiger partial charge in [0.15, 0.2) is 6.61 Å². The highest BCUT2D eigenvalue weighted by Crippen LogP contribution is 2.36. The van der Waals surface area contributed by atoms with E-state index >= 15 is 0 Å². The molecule has 0 bridgehead atoms. The number of amides is 1. The normalized spacial score (nSPS) is 16.0. The maximum atomic E-state index is 13.1. The van der Waals surface area contributed by atoms with Crippen LogP contribution in [0.5, 0.6) is 11.5 Å². The average molecular weight is 418 g/mol. The molecule has 4 rings (SSSR count). The number of rotatable bonds is 6. The van der Waals surface area contributed by atoms with Crippen LogP contribution in [0.4, 0.5) is 5.95 Å². The lowest BCUT2D eigenvalue weighted by molar-refractivity contribution is -0.137. The van der Waals surface area contributed by atoms with Crippen LogP contribution in [0.2, 0.25) is 0 Å². The van der Waals surface area contributed by atoms with Gasteiger partial charge in [0.05, 0.1) is 18.8 Å². The van der Waals surface area contributed by atoms with Gasteiger partial charge in [-0.1, -0.05) is 30.3 Å². The third kappa shape index (κ3) is 4.77. The Morgan fingerprint density at radius 3 is 2.74 bits per heavy atom. The number of hydrogen-bond acceptors (Lipinski definition) is 6. The molecule has 2 aromatic carbocycles. The second kappa shape index (κ2) is 9.47. The van der Waals surface area contributed by atoms with Crippen molar-refractivity contribution >= 4 is 11.9 Å². The minimum atomic E-state index is -0.188. The summed E-state index contributed by atoms with van der Waals surface area (Å²) in [5.74, 6) is 1.54. The van der Waals surface area contributed by atoms with Gasteiger partial charge < -0.3 is 20.1 Å². The number of benzene rings is 2. The lowest BCUT2D eigenvalue weighted by Crippen LogP contribution is -2.41. The Morgan fingerprint density at radius 1 is 1.13 bits per heavy atom. The van der Waals surface area contributed by atoms with Crippen LogP contribution >= 0.6 is 0 Å². The first-order chi connectivity index (χ1) is 15.2. The van der Waals surface area contributed by atoms with Crippen molar-refractivity contribution in [3.63, 3.8) is 0 Å². The standard InChI is InChI=1S/C24H26N4O3/c1-30-19-11-7-8-17(14-19)20-15-26-24(25)27-23(20)21-12-5-6-13-28(21)22(29)16-31-18-9-3-2-4-10-18/h2-4,7-11,14-15,21H,5-6,12-13,16H2,1H3,(H2,25,26,27)/t21-/m1/s1. The summed E-state index contributed by atoms with van der Waals surface area (Å²) in [5.41, 5.74) is 8.48. The second-order valence-corrected chi connectivity index (χ2v) is 7.46. The SMILES string of the molecule is COc1cccc(-c2cnc(N)nc2[C@H]2CCCCN2C(=O)COc2ccccc2)c1. The number of nitrogen functional groups attached to an aromatic ring is 1. The zero-order chi connectivity index (χ0) is 21.6. The number of para-hydroxylation sites is 1. The topological polar surface area (TPSA) is 90.6 Å². The van der Waals surface area contributed by atoms with Crippen LogP contribution in [-0.2, 0) is 4.79 Å². The van der Waals surface area contributed by atoms with Crippen LogP contribution in [0, 0.1) is 0 Å². The molecular formula is C24H26N4O3. The summed E-state index contributed by atoms with van der Waals surface area (Å²) in [5, 5.41) is 0. The summed E-state index contributed by atoms with van der Waals surface area (Å²) in [6.07, 6.45) is 4.49. The zero-order valence-corrected chi connectivity index (χ0v) is 17.5. The molecule has 160 valence electrons. The highest BCUT2D eigenvalue weighted by Gasteiger charge is 2.31. The molecule has 0 aliphatic carbocycles. The fourth-order valence-electron chi connectivity index (χ4n) is 3.94. The molecule has 2 N–H and O–H groups in total. The predicted octanol–water partition coefficient (Wildman–Crippen LogP) is 3.87. The van der Waals surface area contributed by atoms with E-state index in [0.717, 1.165) is 41.8 Å². The summed E-state index contributed by atoms with van der Waals surface area (Å²) >= 11 is 0. The highest BCUT2D eigenvalue weighted by atomic mass is 16.5. The maximum absolute atomic E-state index is 13.1. The largest absolute Gasteiger partial charge is 0.497 e. The summed E-state index contributed by atoms with van der Waals surface area (Å²) in [4.78, 5) is 23.7. The van der Waals surface area contributed by atoms with Gasteiger partial charge in [0.2, 0.25) is 5.95 Å². The Balaban J connectivity index is 1.63. The van der Waals surface area contributed by atoms with Crippen molar-refractivity contribution in [2.24, 2.45) is 0 Å². The second-order valence-electron chi connectivity index (χ2n) is 7.46. The number of ether oxygens (including phenoxy) is 2. The van der Waals surface area contributed by atoms with Crippen molar-refractivity contribution in [2.45, 2.75) is 25.3 Å². The number of nitrogens with two attached hydrogens (primary N) is 1. The smallest absolute Gasteiger partial charge is 0.261 e. The molecular weight excluding hydrogens is 392 g/mol. The molecule has 0 radical (unpaired) electrons. The van der Waals surface area contributed by atoms with Crippen LogP contribution in [-0.4, -0.2) is 41.0 Å². The molecule has 1 fully saturated rings. The Labute approximate surface area is 181 Å². The zero-order valence-electron chi connectivity index (χ0n) is 17.5. The number of aromatic nitrogens is 2. The number of likely N-dealkylation sites (tertiary alicyclic amines) is 1. The van der Waals surface area contributed by atoms with Crippen molar-refractivity contribution < 1.29 is 14.3 Å². The summed E-state index contributed by atoms with van der Waals surface area (Å²) < 4.78 is 11.1. The van der Waals surface area contributed by atoms with Crippen molar-refractivity contribution in [1.82, 2.24) is 14.9 Å². The lowest BCUT2D eigenvalue weighted by Gasteiger charge is -2.36. The number of piperidine rings is 1. The van der Waals surface area contributed by atoms with E-state index in [4.69, 9.17) is 15.2 Å². The Hall–Kier alpha value is -3.61. The van der Waals surface area contributed by atoms with E-state index < -0.39 is 0 Å². The number of carbonyl (C=O) groups excluding carboxylic acids is 1. The minimum Gasteiger partial charge on any atom is -0.497 e. The molecule has 7 nitrogen and oxygen atoms in total. The van der Waals surface area contributed by atoms with Gasteiger partial charge in [0.25, 0.3) is 5.91 Å². The number of carbonyl (C=O) groups is 1. The molecule has 0 spiro atoms.